The third kappa shape index (κ3) is 9.25. The van der Waals surface area contributed by atoms with Crippen molar-refractivity contribution in [2.45, 2.75) is 141 Å². The Hall–Kier alpha value is -3.07. The number of anilines is 1. The Morgan fingerprint density at radius 3 is 2.42 bits per heavy atom. The molecule has 0 aliphatic carbocycles. The number of hydrazine groups is 1. The molecule has 13 heteroatoms. The van der Waals surface area contributed by atoms with Crippen LogP contribution in [0.5, 0.6) is 0 Å². The number of nitrogens with zero attached hydrogens (tertiary/aromatic N) is 2. The van der Waals surface area contributed by atoms with E-state index in [1.54, 1.807) is 34.0 Å². The molecule has 1 unspecified atom stereocenters. The van der Waals surface area contributed by atoms with E-state index in [0.29, 0.717) is 43.5 Å². The molecule has 2 saturated heterocycles. The lowest BCUT2D eigenvalue weighted by Gasteiger charge is -2.46. The van der Waals surface area contributed by atoms with Crippen molar-refractivity contribution < 1.29 is 43.2 Å². The SMILES string of the molecule is CCC1OC(=O)/C(C)=C/[C@H](C)[C@@H](O[C@@H]2O[C@H](C)C[C@H](N(C)C)[C@H]2O)[C@](C)(OC)C[C@@H](C)C(=O)[C@H](C)[C@H]2N(NCCCc3ccccc3N)C(=O)O[C@]12C. The number of fused-ring (bicyclic) bond motifs is 1. The van der Waals surface area contributed by atoms with Gasteiger partial charge in [-0.3, -0.25) is 4.79 Å². The molecule has 12 atom stereocenters. The summed E-state index contributed by atoms with van der Waals surface area (Å²) in [6.45, 7) is 15.1. The van der Waals surface area contributed by atoms with Crippen molar-refractivity contribution in [2.75, 3.05) is 33.5 Å². The summed E-state index contributed by atoms with van der Waals surface area (Å²) in [5, 5.41) is 12.8. The van der Waals surface area contributed by atoms with Crippen LogP contribution in [-0.2, 0) is 39.7 Å². The molecule has 53 heavy (non-hydrogen) atoms. The van der Waals surface area contributed by atoms with Gasteiger partial charge in [-0.2, -0.15) is 0 Å². The summed E-state index contributed by atoms with van der Waals surface area (Å²) in [6, 6.07) is 6.64. The quantitative estimate of drug-likeness (QED) is 0.173. The largest absolute Gasteiger partial charge is 0.455 e. The van der Waals surface area contributed by atoms with Crippen molar-refractivity contribution >= 4 is 23.5 Å². The molecular formula is C40H64N4O9. The molecule has 0 spiro atoms. The molecule has 0 saturated carbocycles. The van der Waals surface area contributed by atoms with Gasteiger partial charge in [-0.15, -0.1) is 0 Å². The number of likely N-dealkylation sites (N-methyl/N-ethyl adjacent to an activating group) is 1. The van der Waals surface area contributed by atoms with Crippen LogP contribution < -0.4 is 11.2 Å². The number of esters is 1. The van der Waals surface area contributed by atoms with Gasteiger partial charge in [-0.1, -0.05) is 52.0 Å². The van der Waals surface area contributed by atoms with E-state index in [1.165, 1.54) is 5.01 Å². The number of hydrogen-bond donors (Lipinski definition) is 3. The zero-order chi connectivity index (χ0) is 39.4. The van der Waals surface area contributed by atoms with Gasteiger partial charge in [0.25, 0.3) is 0 Å². The average molecular weight is 745 g/mol. The first-order chi connectivity index (χ1) is 24.9. The van der Waals surface area contributed by atoms with E-state index in [2.05, 4.69) is 5.43 Å². The van der Waals surface area contributed by atoms with Gasteiger partial charge in [0.15, 0.2) is 11.9 Å². The van der Waals surface area contributed by atoms with E-state index in [-0.39, 0.29) is 24.3 Å². The molecule has 2 fully saturated rings. The van der Waals surface area contributed by atoms with Crippen LogP contribution in [0.2, 0.25) is 0 Å². The highest BCUT2D eigenvalue weighted by molar-refractivity contribution is 5.88. The van der Waals surface area contributed by atoms with Crippen molar-refractivity contribution in [2.24, 2.45) is 17.8 Å². The minimum atomic E-state index is -1.35. The Morgan fingerprint density at radius 1 is 1.11 bits per heavy atom. The van der Waals surface area contributed by atoms with Gasteiger partial charge in [-0.25, -0.2) is 20.0 Å². The first-order valence-corrected chi connectivity index (χ1v) is 19.1. The van der Waals surface area contributed by atoms with Crippen LogP contribution in [0.3, 0.4) is 0 Å². The van der Waals surface area contributed by atoms with Crippen LogP contribution in [0.25, 0.3) is 0 Å². The molecule has 1 aromatic carbocycles. The second-order valence-electron chi connectivity index (χ2n) is 16.0. The van der Waals surface area contributed by atoms with Gasteiger partial charge < -0.3 is 39.4 Å². The van der Waals surface area contributed by atoms with Crippen molar-refractivity contribution in [3.63, 3.8) is 0 Å². The minimum Gasteiger partial charge on any atom is -0.455 e. The smallest absolute Gasteiger partial charge is 0.425 e. The zero-order valence-electron chi connectivity index (χ0n) is 33.6. The summed E-state index contributed by atoms with van der Waals surface area (Å²) in [5.41, 5.74) is 9.01. The number of methoxy groups -OCH3 is 1. The summed E-state index contributed by atoms with van der Waals surface area (Å²) in [5.74, 6) is -2.44. The van der Waals surface area contributed by atoms with Crippen LogP contribution in [-0.4, -0.2) is 115 Å². The normalized spacial score (nSPS) is 38.5. The molecule has 13 nitrogen and oxygen atoms in total. The van der Waals surface area contributed by atoms with Crippen LogP contribution in [0.4, 0.5) is 10.5 Å². The standard InChI is InChI=1S/C40H64N4O9/c1-12-31-40(8)34(44(38(48)53-40)42-19-15-17-28-16-13-14-18-29(28)41)27(6)32(45)25(4)22-39(7,49-11)35(23(2)20-24(3)36(47)51-31)52-37-33(46)30(43(9)10)21-26(5)50-37/h13-14,16,18,20,23,25-27,30-31,33-35,37,42,46H,12,15,17,19,21-22,41H2,1-11H3/b24-20+/t23-,25+,26+,27-,30-,31?,33+,34+,35+,37-,39+,40+/m0/s1. The number of carbonyl (C=O) groups is 3. The number of nitrogens with one attached hydrogen (secondary N) is 1. The van der Waals surface area contributed by atoms with E-state index >= 15 is 0 Å². The fourth-order valence-corrected chi connectivity index (χ4v) is 8.68. The predicted octanol–water partition coefficient (Wildman–Crippen LogP) is 4.65. The van der Waals surface area contributed by atoms with E-state index in [9.17, 15) is 19.5 Å². The Kier molecular flexibility index (Phi) is 14.2. The maximum Gasteiger partial charge on any atom is 0.425 e. The molecule has 1 amide bonds. The molecule has 1 aromatic rings. The minimum absolute atomic E-state index is 0.113. The van der Waals surface area contributed by atoms with E-state index in [1.807, 2.05) is 77.9 Å². The fraction of sp³-hybridized carbons (Fsp3) is 0.725. The highest BCUT2D eigenvalue weighted by atomic mass is 16.7. The van der Waals surface area contributed by atoms with Crippen molar-refractivity contribution in [3.05, 3.63) is 41.5 Å². The number of ketones is 1. The second-order valence-corrected chi connectivity index (χ2v) is 16.0. The number of para-hydroxylation sites is 1. The number of aliphatic hydroxyl groups is 1. The molecular weight excluding hydrogens is 680 g/mol. The summed E-state index contributed by atoms with van der Waals surface area (Å²) in [6.07, 6.45) is -0.0527. The molecule has 3 heterocycles. The molecule has 298 valence electrons. The van der Waals surface area contributed by atoms with Gasteiger partial charge in [0, 0.05) is 48.7 Å². The van der Waals surface area contributed by atoms with Gasteiger partial charge in [0.1, 0.15) is 24.0 Å². The third-order valence-corrected chi connectivity index (χ3v) is 11.6. The number of nitrogens with two attached hydrogens (primary N) is 1. The number of rotatable bonds is 10. The Labute approximate surface area is 315 Å². The first-order valence-electron chi connectivity index (χ1n) is 19.1. The van der Waals surface area contributed by atoms with E-state index < -0.39 is 71.7 Å². The lowest BCUT2D eigenvalue weighted by Crippen LogP contribution is -2.60. The lowest BCUT2D eigenvalue weighted by atomic mass is 9.74. The number of ether oxygens (including phenoxy) is 5. The highest BCUT2D eigenvalue weighted by Crippen LogP contribution is 2.42. The number of Topliss-reactive ketones (excluding diaryl/α,β-unsaturated/α-hetero) is 1. The second kappa shape index (κ2) is 17.6. The molecule has 3 aliphatic rings. The highest BCUT2D eigenvalue weighted by Gasteiger charge is 2.60. The molecule has 0 aromatic heterocycles. The first kappa shape index (κ1) is 42.7. The average Bonchev–Trinajstić information content (AvgIpc) is 3.37. The van der Waals surface area contributed by atoms with Crippen molar-refractivity contribution in [1.82, 2.24) is 15.3 Å². The van der Waals surface area contributed by atoms with Gasteiger partial charge in [0.05, 0.1) is 17.8 Å². The fourth-order valence-electron chi connectivity index (χ4n) is 8.68. The number of aryl methyl sites for hydroxylation is 1. The number of hydrogen-bond acceptors (Lipinski definition) is 12. The number of aliphatic hydroxyl groups excluding tert-OH is 1. The number of amides is 1. The third-order valence-electron chi connectivity index (χ3n) is 11.6. The number of cyclic esters (lactones) is 1. The Balaban J connectivity index is 1.70. The van der Waals surface area contributed by atoms with Gasteiger partial charge >= 0.3 is 12.1 Å². The summed E-state index contributed by atoms with van der Waals surface area (Å²) in [4.78, 5) is 44.0. The molecule has 0 bridgehead atoms. The molecule has 0 radical (unpaired) electrons. The monoisotopic (exact) mass is 744 g/mol. The maximum absolute atomic E-state index is 14.6. The number of carbonyl (C=O) groups excluding carboxylic acids is 3. The Bertz CT molecular complexity index is 1470. The molecule has 4 N–H and O–H groups in total. The molecule has 3 aliphatic heterocycles. The van der Waals surface area contributed by atoms with Crippen LogP contribution in [0, 0.1) is 17.8 Å². The lowest BCUT2D eigenvalue weighted by molar-refractivity contribution is -0.294. The Morgan fingerprint density at radius 2 is 1.79 bits per heavy atom. The van der Waals surface area contributed by atoms with Crippen molar-refractivity contribution in [3.8, 4) is 0 Å². The van der Waals surface area contributed by atoms with Crippen LogP contribution >= 0.6 is 0 Å². The topological polar surface area (TPSA) is 162 Å². The maximum atomic E-state index is 14.6. The summed E-state index contributed by atoms with van der Waals surface area (Å²) >= 11 is 0. The molecule has 4 rings (SSSR count). The van der Waals surface area contributed by atoms with Crippen LogP contribution in [0.15, 0.2) is 35.9 Å². The predicted molar refractivity (Wildman–Crippen MR) is 201 cm³/mol. The van der Waals surface area contributed by atoms with Gasteiger partial charge in [0.2, 0.25) is 0 Å². The zero-order valence-corrected chi connectivity index (χ0v) is 33.6. The van der Waals surface area contributed by atoms with Crippen LogP contribution in [0.1, 0.15) is 86.6 Å². The summed E-state index contributed by atoms with van der Waals surface area (Å²) < 4.78 is 31.3. The number of benzene rings is 1. The van der Waals surface area contributed by atoms with Crippen molar-refractivity contribution in [1.29, 1.82) is 0 Å². The summed E-state index contributed by atoms with van der Waals surface area (Å²) in [7, 11) is 5.39. The van der Waals surface area contributed by atoms with Gasteiger partial charge in [-0.05, 0) is 85.5 Å². The van der Waals surface area contributed by atoms with E-state index in [4.69, 9.17) is 29.4 Å². The number of nitrogen functional groups attached to an aromatic ring is 1. The van der Waals surface area contributed by atoms with E-state index in [0.717, 1.165) is 5.56 Å².